The Kier molecular flexibility index (Phi) is 5.76. The quantitative estimate of drug-likeness (QED) is 0.630. The largest absolute Gasteiger partial charge is 0.490 e. The third-order valence-corrected chi connectivity index (χ3v) is 5.24. The van der Waals surface area contributed by atoms with Crippen molar-refractivity contribution in [3.63, 3.8) is 0 Å². The summed E-state index contributed by atoms with van der Waals surface area (Å²) < 4.78 is 13.6. The first-order chi connectivity index (χ1) is 14.9. The van der Waals surface area contributed by atoms with Gasteiger partial charge in [-0.25, -0.2) is 4.98 Å². The number of benzene rings is 1. The van der Waals surface area contributed by atoms with Crippen LogP contribution in [0.4, 0.5) is 0 Å². The van der Waals surface area contributed by atoms with Gasteiger partial charge in [-0.15, -0.1) is 0 Å². The maximum Gasteiger partial charge on any atom is 0.221 e. The van der Waals surface area contributed by atoms with Crippen molar-refractivity contribution in [2.75, 3.05) is 6.61 Å². The topological polar surface area (TPSA) is 102 Å². The standard InChI is InChI=1S/C23H25N5O3/c1-14(2)31-21-9-19-18(8-15(21)10-24)20(16-11-26-28(3)13-16)12-25-23(19)30-7-6-17-4-5-22(29)27-17/h8-9,11-14,17H,4-7H2,1-3H3,(H,27,29)/t17-/m0/s1. The van der Waals surface area contributed by atoms with E-state index in [1.165, 1.54) is 0 Å². The first-order valence-corrected chi connectivity index (χ1v) is 10.4. The Labute approximate surface area is 180 Å². The van der Waals surface area contributed by atoms with E-state index < -0.39 is 0 Å². The highest BCUT2D eigenvalue weighted by Crippen LogP contribution is 2.37. The van der Waals surface area contributed by atoms with Gasteiger partial charge in [-0.05, 0) is 37.8 Å². The summed E-state index contributed by atoms with van der Waals surface area (Å²) in [6, 6.07) is 6.02. The van der Waals surface area contributed by atoms with E-state index in [4.69, 9.17) is 9.47 Å². The second-order valence-electron chi connectivity index (χ2n) is 7.99. The summed E-state index contributed by atoms with van der Waals surface area (Å²) in [4.78, 5) is 16.0. The van der Waals surface area contributed by atoms with Gasteiger partial charge >= 0.3 is 0 Å². The molecule has 3 heterocycles. The number of aromatic nitrogens is 3. The van der Waals surface area contributed by atoms with E-state index in [1.54, 1.807) is 17.1 Å². The predicted molar refractivity (Wildman–Crippen MR) is 116 cm³/mol. The number of fused-ring (bicyclic) bond motifs is 1. The van der Waals surface area contributed by atoms with Crippen LogP contribution in [0, 0.1) is 11.3 Å². The van der Waals surface area contributed by atoms with Crippen molar-refractivity contribution < 1.29 is 14.3 Å². The van der Waals surface area contributed by atoms with Crippen molar-refractivity contribution in [3.8, 4) is 28.8 Å². The molecule has 2 aromatic heterocycles. The lowest BCUT2D eigenvalue weighted by molar-refractivity contribution is -0.119. The molecule has 1 fully saturated rings. The maximum atomic E-state index is 11.4. The SMILES string of the molecule is CC(C)Oc1cc2c(OCC[C@@H]3CCC(=O)N3)ncc(-c3cnn(C)c3)c2cc1C#N. The molecule has 1 saturated heterocycles. The number of carbonyl (C=O) groups excluding carboxylic acids is 1. The van der Waals surface area contributed by atoms with Crippen molar-refractivity contribution in [1.29, 1.82) is 5.26 Å². The molecule has 0 unspecified atom stereocenters. The van der Waals surface area contributed by atoms with E-state index in [2.05, 4.69) is 21.5 Å². The lowest BCUT2D eigenvalue weighted by Crippen LogP contribution is -2.26. The molecule has 0 radical (unpaired) electrons. The Morgan fingerprint density at radius 3 is 2.81 bits per heavy atom. The fourth-order valence-electron chi connectivity index (χ4n) is 3.78. The van der Waals surface area contributed by atoms with E-state index in [0.29, 0.717) is 36.6 Å². The Morgan fingerprint density at radius 1 is 1.32 bits per heavy atom. The summed E-state index contributed by atoms with van der Waals surface area (Å²) in [5.74, 6) is 1.07. The van der Waals surface area contributed by atoms with Gasteiger partial charge in [0.05, 0.1) is 24.5 Å². The summed E-state index contributed by atoms with van der Waals surface area (Å²) in [6.45, 7) is 4.27. The second kappa shape index (κ2) is 8.64. The third-order valence-electron chi connectivity index (χ3n) is 5.24. The smallest absolute Gasteiger partial charge is 0.221 e. The highest BCUT2D eigenvalue weighted by Gasteiger charge is 2.21. The van der Waals surface area contributed by atoms with Crippen LogP contribution in [-0.4, -0.2) is 39.4 Å². The van der Waals surface area contributed by atoms with Crippen molar-refractivity contribution in [2.45, 2.75) is 45.3 Å². The molecule has 1 aliphatic rings. The Bertz CT molecular complexity index is 1160. The average molecular weight is 419 g/mol. The lowest BCUT2D eigenvalue weighted by Gasteiger charge is -2.16. The van der Waals surface area contributed by atoms with E-state index >= 15 is 0 Å². The molecule has 1 atom stereocenters. The minimum absolute atomic E-state index is 0.0747. The van der Waals surface area contributed by atoms with Crippen LogP contribution in [0.15, 0.2) is 30.7 Å². The fraction of sp³-hybridized carbons (Fsp3) is 0.391. The average Bonchev–Trinajstić information content (AvgIpc) is 3.35. The highest BCUT2D eigenvalue weighted by atomic mass is 16.5. The minimum Gasteiger partial charge on any atom is -0.490 e. The van der Waals surface area contributed by atoms with E-state index in [-0.39, 0.29) is 18.1 Å². The molecule has 4 rings (SSSR count). The Balaban J connectivity index is 1.72. The van der Waals surface area contributed by atoms with Gasteiger partial charge in [0.25, 0.3) is 0 Å². The zero-order valence-corrected chi connectivity index (χ0v) is 17.9. The molecular weight excluding hydrogens is 394 g/mol. The molecule has 8 heteroatoms. The molecule has 0 saturated carbocycles. The van der Waals surface area contributed by atoms with Crippen LogP contribution in [0.3, 0.4) is 0 Å². The molecule has 0 spiro atoms. The molecule has 1 amide bonds. The molecule has 8 nitrogen and oxygen atoms in total. The zero-order valence-electron chi connectivity index (χ0n) is 17.9. The van der Waals surface area contributed by atoms with Gasteiger partial charge in [0.15, 0.2) is 0 Å². The van der Waals surface area contributed by atoms with Crippen LogP contribution in [0.25, 0.3) is 21.9 Å². The summed E-state index contributed by atoms with van der Waals surface area (Å²) in [5.41, 5.74) is 2.23. The van der Waals surface area contributed by atoms with Gasteiger partial charge in [0, 0.05) is 54.8 Å². The number of hydrogen-bond donors (Lipinski definition) is 1. The molecular formula is C23H25N5O3. The lowest BCUT2D eigenvalue weighted by atomic mass is 10.0. The number of carbonyl (C=O) groups is 1. The van der Waals surface area contributed by atoms with Gasteiger partial charge in [0.2, 0.25) is 11.8 Å². The number of ether oxygens (including phenoxy) is 2. The summed E-state index contributed by atoms with van der Waals surface area (Å²) in [6.07, 6.45) is 7.46. The number of rotatable bonds is 7. The molecule has 31 heavy (non-hydrogen) atoms. The van der Waals surface area contributed by atoms with Gasteiger partial charge in [-0.2, -0.15) is 10.4 Å². The molecule has 0 aliphatic carbocycles. The Hall–Kier alpha value is -3.60. The van der Waals surface area contributed by atoms with E-state index in [9.17, 15) is 10.1 Å². The first kappa shape index (κ1) is 20.7. The van der Waals surface area contributed by atoms with Crippen LogP contribution in [0.2, 0.25) is 0 Å². The fourth-order valence-corrected chi connectivity index (χ4v) is 3.78. The number of amides is 1. The number of aryl methyl sites for hydroxylation is 1. The number of pyridine rings is 1. The van der Waals surface area contributed by atoms with Crippen molar-refractivity contribution >= 4 is 16.7 Å². The van der Waals surface area contributed by atoms with Crippen LogP contribution < -0.4 is 14.8 Å². The normalized spacial score (nSPS) is 15.8. The number of nitriles is 1. The summed E-state index contributed by atoms with van der Waals surface area (Å²) >= 11 is 0. The van der Waals surface area contributed by atoms with Crippen LogP contribution in [-0.2, 0) is 11.8 Å². The number of nitrogens with one attached hydrogen (secondary N) is 1. The molecule has 1 N–H and O–H groups in total. The molecule has 1 aromatic carbocycles. The number of nitrogens with zero attached hydrogens (tertiary/aromatic N) is 4. The van der Waals surface area contributed by atoms with Gasteiger partial charge in [0.1, 0.15) is 11.8 Å². The second-order valence-corrected chi connectivity index (χ2v) is 7.99. The number of hydrogen-bond acceptors (Lipinski definition) is 6. The van der Waals surface area contributed by atoms with Crippen LogP contribution in [0.5, 0.6) is 11.6 Å². The monoisotopic (exact) mass is 419 g/mol. The van der Waals surface area contributed by atoms with Crippen molar-refractivity contribution in [1.82, 2.24) is 20.1 Å². The van der Waals surface area contributed by atoms with Crippen LogP contribution in [0.1, 0.15) is 38.7 Å². The highest BCUT2D eigenvalue weighted by molar-refractivity contribution is 6.00. The van der Waals surface area contributed by atoms with Gasteiger partial charge in [-0.1, -0.05) is 0 Å². The molecule has 160 valence electrons. The predicted octanol–water partition coefficient (Wildman–Crippen LogP) is 3.34. The summed E-state index contributed by atoms with van der Waals surface area (Å²) in [5, 5.41) is 18.5. The van der Waals surface area contributed by atoms with Crippen molar-refractivity contribution in [2.24, 2.45) is 7.05 Å². The third kappa shape index (κ3) is 4.45. The minimum atomic E-state index is -0.0747. The first-order valence-electron chi connectivity index (χ1n) is 10.4. The zero-order chi connectivity index (χ0) is 22.0. The molecule has 1 aliphatic heterocycles. The van der Waals surface area contributed by atoms with Gasteiger partial charge < -0.3 is 14.8 Å². The maximum absolute atomic E-state index is 11.4. The van der Waals surface area contributed by atoms with E-state index in [1.807, 2.05) is 39.2 Å². The van der Waals surface area contributed by atoms with E-state index in [0.717, 1.165) is 28.3 Å². The Morgan fingerprint density at radius 2 is 2.16 bits per heavy atom. The molecule has 0 bridgehead atoms. The van der Waals surface area contributed by atoms with Gasteiger partial charge in [-0.3, -0.25) is 9.48 Å². The van der Waals surface area contributed by atoms with Crippen LogP contribution >= 0.6 is 0 Å². The van der Waals surface area contributed by atoms with Crippen molar-refractivity contribution in [3.05, 3.63) is 36.3 Å². The summed E-state index contributed by atoms with van der Waals surface area (Å²) in [7, 11) is 1.85. The molecule has 3 aromatic rings.